The standard InChI is InChI=1S/C22H23N5O/c1-26(19-9-3-2-4-10-19)22(28)18-8-6-14-27(16-18)21-12-11-20(24-25-21)17-7-5-13-23-15-17/h2-5,7,9-13,15,18H,6,8,14,16H2,1H3. The Balaban J connectivity index is 1.46. The number of hydrogen-bond acceptors (Lipinski definition) is 5. The van der Waals surface area contributed by atoms with Crippen molar-refractivity contribution < 1.29 is 4.79 Å². The van der Waals surface area contributed by atoms with Crippen LogP contribution in [0.4, 0.5) is 11.5 Å². The third kappa shape index (κ3) is 3.86. The van der Waals surface area contributed by atoms with Gasteiger partial charge in [0.05, 0.1) is 11.6 Å². The van der Waals surface area contributed by atoms with Gasteiger partial charge in [0, 0.05) is 43.8 Å². The Hall–Kier alpha value is -3.28. The maximum Gasteiger partial charge on any atom is 0.231 e. The third-order valence-electron chi connectivity index (χ3n) is 5.18. The van der Waals surface area contributed by atoms with Crippen molar-refractivity contribution in [1.82, 2.24) is 15.2 Å². The van der Waals surface area contributed by atoms with E-state index < -0.39 is 0 Å². The van der Waals surface area contributed by atoms with Crippen LogP contribution in [0, 0.1) is 5.92 Å². The molecule has 0 aliphatic carbocycles. The molecule has 0 radical (unpaired) electrons. The van der Waals surface area contributed by atoms with E-state index >= 15 is 0 Å². The van der Waals surface area contributed by atoms with E-state index in [-0.39, 0.29) is 11.8 Å². The molecule has 0 bridgehead atoms. The van der Waals surface area contributed by atoms with Crippen molar-refractivity contribution in [2.24, 2.45) is 5.92 Å². The quantitative estimate of drug-likeness (QED) is 0.701. The van der Waals surface area contributed by atoms with Gasteiger partial charge in [-0.05, 0) is 49.2 Å². The normalized spacial score (nSPS) is 16.6. The van der Waals surface area contributed by atoms with Gasteiger partial charge in [-0.3, -0.25) is 9.78 Å². The number of carbonyl (C=O) groups excluding carboxylic acids is 1. The number of pyridine rings is 1. The lowest BCUT2D eigenvalue weighted by Gasteiger charge is -2.34. The van der Waals surface area contributed by atoms with Crippen LogP contribution in [0.2, 0.25) is 0 Å². The molecular weight excluding hydrogens is 350 g/mol. The first-order valence-electron chi connectivity index (χ1n) is 9.54. The van der Waals surface area contributed by atoms with Crippen LogP contribution >= 0.6 is 0 Å². The molecule has 3 aromatic rings. The van der Waals surface area contributed by atoms with Crippen molar-refractivity contribution in [2.75, 3.05) is 29.9 Å². The molecule has 6 heteroatoms. The highest BCUT2D eigenvalue weighted by molar-refractivity contribution is 5.95. The molecule has 0 spiro atoms. The average molecular weight is 373 g/mol. The monoisotopic (exact) mass is 373 g/mol. The van der Waals surface area contributed by atoms with Gasteiger partial charge in [0.2, 0.25) is 5.91 Å². The Kier molecular flexibility index (Phi) is 5.28. The van der Waals surface area contributed by atoms with Gasteiger partial charge in [-0.2, -0.15) is 0 Å². The summed E-state index contributed by atoms with van der Waals surface area (Å²) in [4.78, 5) is 21.0. The molecule has 1 aromatic carbocycles. The van der Waals surface area contributed by atoms with E-state index in [9.17, 15) is 4.79 Å². The van der Waals surface area contributed by atoms with Crippen LogP contribution in [0.1, 0.15) is 12.8 Å². The maximum absolute atomic E-state index is 13.0. The van der Waals surface area contributed by atoms with Crippen LogP contribution in [-0.2, 0) is 4.79 Å². The number of benzene rings is 1. The molecule has 1 aliphatic heterocycles. The minimum Gasteiger partial charge on any atom is -0.354 e. The molecule has 1 amide bonds. The van der Waals surface area contributed by atoms with E-state index in [4.69, 9.17) is 0 Å². The number of rotatable bonds is 4. The summed E-state index contributed by atoms with van der Waals surface area (Å²) in [6, 6.07) is 17.6. The van der Waals surface area contributed by atoms with Crippen molar-refractivity contribution in [1.29, 1.82) is 0 Å². The summed E-state index contributed by atoms with van der Waals surface area (Å²) >= 11 is 0. The zero-order chi connectivity index (χ0) is 19.3. The largest absolute Gasteiger partial charge is 0.354 e. The fourth-order valence-corrected chi connectivity index (χ4v) is 3.60. The molecule has 1 fully saturated rings. The molecular formula is C22H23N5O. The van der Waals surface area contributed by atoms with Gasteiger partial charge in [0.25, 0.3) is 0 Å². The Morgan fingerprint density at radius 2 is 1.93 bits per heavy atom. The van der Waals surface area contributed by atoms with E-state index in [1.807, 2.05) is 61.6 Å². The SMILES string of the molecule is CN(C(=O)C1CCCN(c2ccc(-c3cccnc3)nn2)C1)c1ccccc1. The molecule has 3 heterocycles. The topological polar surface area (TPSA) is 62.2 Å². The Morgan fingerprint density at radius 3 is 2.64 bits per heavy atom. The van der Waals surface area contributed by atoms with Gasteiger partial charge in [-0.15, -0.1) is 10.2 Å². The van der Waals surface area contributed by atoms with E-state index in [1.54, 1.807) is 17.3 Å². The third-order valence-corrected chi connectivity index (χ3v) is 5.18. The highest BCUT2D eigenvalue weighted by Gasteiger charge is 2.29. The fourth-order valence-electron chi connectivity index (χ4n) is 3.60. The Labute approximate surface area is 164 Å². The molecule has 28 heavy (non-hydrogen) atoms. The zero-order valence-electron chi connectivity index (χ0n) is 15.9. The van der Waals surface area contributed by atoms with Crippen LogP contribution in [0.5, 0.6) is 0 Å². The lowest BCUT2D eigenvalue weighted by atomic mass is 9.96. The molecule has 142 valence electrons. The summed E-state index contributed by atoms with van der Waals surface area (Å²) < 4.78 is 0. The van der Waals surface area contributed by atoms with E-state index in [0.29, 0.717) is 6.54 Å². The van der Waals surface area contributed by atoms with Crippen molar-refractivity contribution in [3.63, 3.8) is 0 Å². The second kappa shape index (κ2) is 8.17. The van der Waals surface area contributed by atoms with Crippen molar-refractivity contribution >= 4 is 17.4 Å². The second-order valence-corrected chi connectivity index (χ2v) is 7.04. The number of aromatic nitrogens is 3. The number of anilines is 2. The zero-order valence-corrected chi connectivity index (χ0v) is 15.9. The number of amides is 1. The van der Waals surface area contributed by atoms with Crippen molar-refractivity contribution in [3.8, 4) is 11.3 Å². The number of piperidine rings is 1. The first-order valence-corrected chi connectivity index (χ1v) is 9.54. The molecule has 0 N–H and O–H groups in total. The highest BCUT2D eigenvalue weighted by Crippen LogP contribution is 2.25. The van der Waals surface area contributed by atoms with Gasteiger partial charge < -0.3 is 9.80 Å². The van der Waals surface area contributed by atoms with Gasteiger partial charge >= 0.3 is 0 Å². The van der Waals surface area contributed by atoms with E-state index in [2.05, 4.69) is 20.1 Å². The number of carbonyl (C=O) groups is 1. The molecule has 1 atom stereocenters. The molecule has 2 aromatic heterocycles. The number of para-hydroxylation sites is 1. The molecule has 1 aliphatic rings. The van der Waals surface area contributed by atoms with Crippen LogP contribution < -0.4 is 9.80 Å². The van der Waals surface area contributed by atoms with Crippen LogP contribution in [0.25, 0.3) is 11.3 Å². The summed E-state index contributed by atoms with van der Waals surface area (Å²) in [5, 5.41) is 8.75. The number of hydrogen-bond donors (Lipinski definition) is 0. The minimum absolute atomic E-state index is 0.0428. The molecule has 0 saturated carbocycles. The lowest BCUT2D eigenvalue weighted by molar-refractivity contribution is -0.122. The lowest BCUT2D eigenvalue weighted by Crippen LogP contribution is -2.44. The van der Waals surface area contributed by atoms with Crippen LogP contribution in [0.15, 0.2) is 67.0 Å². The maximum atomic E-state index is 13.0. The van der Waals surface area contributed by atoms with Crippen molar-refractivity contribution in [3.05, 3.63) is 67.0 Å². The van der Waals surface area contributed by atoms with Gasteiger partial charge in [0.15, 0.2) is 5.82 Å². The van der Waals surface area contributed by atoms with Gasteiger partial charge in [-0.1, -0.05) is 18.2 Å². The first kappa shape index (κ1) is 18.1. The predicted molar refractivity (Wildman–Crippen MR) is 110 cm³/mol. The Bertz CT molecular complexity index is 915. The molecule has 6 nitrogen and oxygen atoms in total. The van der Waals surface area contributed by atoms with Gasteiger partial charge in [-0.25, -0.2) is 0 Å². The number of nitrogens with zero attached hydrogens (tertiary/aromatic N) is 5. The molecule has 1 unspecified atom stereocenters. The minimum atomic E-state index is -0.0428. The van der Waals surface area contributed by atoms with Crippen LogP contribution in [-0.4, -0.2) is 41.2 Å². The molecule has 4 rings (SSSR count). The summed E-state index contributed by atoms with van der Waals surface area (Å²) in [6.07, 6.45) is 5.38. The summed E-state index contributed by atoms with van der Waals surface area (Å²) in [5.41, 5.74) is 2.66. The predicted octanol–water partition coefficient (Wildman–Crippen LogP) is 3.42. The molecule has 1 saturated heterocycles. The summed E-state index contributed by atoms with van der Waals surface area (Å²) in [7, 11) is 1.85. The van der Waals surface area contributed by atoms with E-state index in [1.165, 1.54) is 0 Å². The second-order valence-electron chi connectivity index (χ2n) is 7.04. The summed E-state index contributed by atoms with van der Waals surface area (Å²) in [6.45, 7) is 1.55. The van der Waals surface area contributed by atoms with Gasteiger partial charge in [0.1, 0.15) is 0 Å². The summed E-state index contributed by atoms with van der Waals surface area (Å²) in [5.74, 6) is 0.919. The van der Waals surface area contributed by atoms with Crippen LogP contribution in [0.3, 0.4) is 0 Å². The smallest absolute Gasteiger partial charge is 0.231 e. The fraction of sp³-hybridized carbons (Fsp3) is 0.273. The average Bonchev–Trinajstić information content (AvgIpc) is 2.79. The van der Waals surface area contributed by atoms with E-state index in [0.717, 1.165) is 42.1 Å². The van der Waals surface area contributed by atoms with Crippen molar-refractivity contribution in [2.45, 2.75) is 12.8 Å². The Morgan fingerprint density at radius 1 is 1.07 bits per heavy atom. The first-order chi connectivity index (χ1) is 13.7. The highest BCUT2D eigenvalue weighted by atomic mass is 16.2.